The molecule has 8 nitrogen and oxygen atoms in total. The van der Waals surface area contributed by atoms with Crippen LogP contribution in [-0.4, -0.2) is 45.0 Å². The molecule has 1 aliphatic heterocycles. The maximum atomic E-state index is 13.3. The number of carbonyl (C=O) groups is 2. The van der Waals surface area contributed by atoms with Crippen LogP contribution in [0.1, 0.15) is 36.7 Å². The van der Waals surface area contributed by atoms with Crippen molar-refractivity contribution in [2.75, 3.05) is 13.2 Å². The first-order chi connectivity index (χ1) is 16.9. The van der Waals surface area contributed by atoms with Crippen LogP contribution in [0.3, 0.4) is 0 Å². The van der Waals surface area contributed by atoms with Crippen molar-refractivity contribution >= 4 is 17.4 Å². The van der Waals surface area contributed by atoms with Crippen molar-refractivity contribution in [1.29, 1.82) is 0 Å². The number of Topliss-reactive ketones (excluding diaryl/α,β-unsaturated/α-hetero) is 1. The Hall–Kier alpha value is -4.33. The number of hydrogen-bond donors (Lipinski definition) is 2. The summed E-state index contributed by atoms with van der Waals surface area (Å²) in [5.41, 5.74) is 1.22. The number of aromatic hydroxyl groups is 1. The summed E-state index contributed by atoms with van der Waals surface area (Å²) >= 11 is 0. The van der Waals surface area contributed by atoms with E-state index in [-0.39, 0.29) is 29.2 Å². The quantitative estimate of drug-likeness (QED) is 0.286. The molecule has 1 unspecified atom stereocenters. The molecule has 3 aromatic rings. The maximum Gasteiger partial charge on any atom is 0.296 e. The van der Waals surface area contributed by atoms with Gasteiger partial charge in [0, 0.05) is 12.3 Å². The van der Waals surface area contributed by atoms with Crippen molar-refractivity contribution in [3.8, 4) is 17.2 Å². The molecule has 180 valence electrons. The number of aliphatic hydroxyl groups is 1. The maximum absolute atomic E-state index is 13.3. The third kappa shape index (κ3) is 4.82. The Morgan fingerprint density at radius 2 is 1.80 bits per heavy atom. The van der Waals surface area contributed by atoms with E-state index in [0.717, 1.165) is 0 Å². The number of pyridine rings is 1. The Morgan fingerprint density at radius 1 is 1.00 bits per heavy atom. The molecule has 1 atom stereocenters. The molecule has 8 heteroatoms. The summed E-state index contributed by atoms with van der Waals surface area (Å²) in [5.74, 6) is -1.12. The summed E-state index contributed by atoms with van der Waals surface area (Å²) in [6.07, 6.45) is 1.60. The summed E-state index contributed by atoms with van der Waals surface area (Å²) in [4.78, 5) is 32.1. The average molecular weight is 475 g/mol. The highest BCUT2D eigenvalue weighted by molar-refractivity contribution is 6.46. The third-order valence-electron chi connectivity index (χ3n) is 5.60. The molecule has 0 bridgehead atoms. The van der Waals surface area contributed by atoms with Gasteiger partial charge >= 0.3 is 0 Å². The number of benzene rings is 2. The number of rotatable bonds is 8. The van der Waals surface area contributed by atoms with E-state index in [4.69, 9.17) is 9.47 Å². The zero-order chi connectivity index (χ0) is 24.9. The molecule has 2 N–H and O–H groups in total. The Kier molecular flexibility index (Phi) is 7.01. The van der Waals surface area contributed by atoms with E-state index in [0.29, 0.717) is 36.0 Å². The lowest BCUT2D eigenvalue weighted by Gasteiger charge is -2.25. The van der Waals surface area contributed by atoms with Gasteiger partial charge in [-0.05, 0) is 55.8 Å². The van der Waals surface area contributed by atoms with Crippen LogP contribution in [0.5, 0.6) is 17.2 Å². The second-order valence-corrected chi connectivity index (χ2v) is 7.87. The molecule has 1 fully saturated rings. The zero-order valence-electron chi connectivity index (χ0n) is 19.5. The third-order valence-corrected chi connectivity index (χ3v) is 5.60. The van der Waals surface area contributed by atoms with Gasteiger partial charge in [0.25, 0.3) is 11.7 Å². The molecular weight excluding hydrogens is 448 g/mol. The van der Waals surface area contributed by atoms with Crippen molar-refractivity contribution in [2.45, 2.75) is 26.4 Å². The number of aromatic nitrogens is 1. The summed E-state index contributed by atoms with van der Waals surface area (Å²) in [5, 5.41) is 21.5. The van der Waals surface area contributed by atoms with Crippen LogP contribution in [0.25, 0.3) is 5.76 Å². The average Bonchev–Trinajstić information content (AvgIpc) is 3.10. The van der Waals surface area contributed by atoms with Gasteiger partial charge in [0.15, 0.2) is 0 Å². The number of ketones is 1. The molecule has 0 saturated carbocycles. The molecule has 2 aromatic carbocycles. The van der Waals surface area contributed by atoms with Crippen LogP contribution in [-0.2, 0) is 16.1 Å². The molecule has 1 aromatic heterocycles. The number of phenolic OH excluding ortho intramolecular Hbond substituents is 1. The first kappa shape index (κ1) is 23.8. The molecule has 1 saturated heterocycles. The number of likely N-dealkylation sites (tertiary alicyclic amines) is 1. The highest BCUT2D eigenvalue weighted by atomic mass is 16.5. The fourth-order valence-electron chi connectivity index (χ4n) is 4.13. The van der Waals surface area contributed by atoms with Gasteiger partial charge in [0.1, 0.15) is 23.0 Å². The minimum atomic E-state index is -0.940. The number of carbonyl (C=O) groups excluding carboxylic acids is 2. The van der Waals surface area contributed by atoms with Crippen molar-refractivity contribution in [2.24, 2.45) is 0 Å². The second-order valence-electron chi connectivity index (χ2n) is 7.87. The van der Waals surface area contributed by atoms with Crippen molar-refractivity contribution in [3.05, 3.63) is 89.3 Å². The number of aliphatic hydroxyl groups excluding tert-OH is 1. The molecule has 1 amide bonds. The highest BCUT2D eigenvalue weighted by Crippen LogP contribution is 2.42. The molecule has 1 aliphatic rings. The van der Waals surface area contributed by atoms with Crippen molar-refractivity contribution in [3.63, 3.8) is 0 Å². The lowest BCUT2D eigenvalue weighted by Crippen LogP contribution is -2.29. The predicted octanol–water partition coefficient (Wildman–Crippen LogP) is 4.21. The van der Waals surface area contributed by atoms with Gasteiger partial charge in [0.05, 0.1) is 42.6 Å². The number of phenols is 1. The van der Waals surface area contributed by atoms with Crippen LogP contribution in [0.2, 0.25) is 0 Å². The van der Waals surface area contributed by atoms with E-state index in [2.05, 4.69) is 4.98 Å². The molecule has 35 heavy (non-hydrogen) atoms. The lowest BCUT2D eigenvalue weighted by molar-refractivity contribution is -0.140. The Balaban J connectivity index is 1.88. The number of nitrogens with zero attached hydrogens (tertiary/aromatic N) is 2. The van der Waals surface area contributed by atoms with E-state index in [9.17, 15) is 19.8 Å². The Labute approximate surface area is 203 Å². The molecular formula is C27H26N2O6. The summed E-state index contributed by atoms with van der Waals surface area (Å²) in [6, 6.07) is 15.5. The minimum absolute atomic E-state index is 0.0259. The van der Waals surface area contributed by atoms with Gasteiger partial charge < -0.3 is 24.6 Å². The fourth-order valence-corrected chi connectivity index (χ4v) is 4.13. The van der Waals surface area contributed by atoms with E-state index in [1.807, 2.05) is 6.92 Å². The highest BCUT2D eigenvalue weighted by Gasteiger charge is 2.46. The molecule has 4 rings (SSSR count). The van der Waals surface area contributed by atoms with Crippen LogP contribution < -0.4 is 9.47 Å². The minimum Gasteiger partial charge on any atom is -0.508 e. The summed E-state index contributed by atoms with van der Waals surface area (Å²) < 4.78 is 11.3. The van der Waals surface area contributed by atoms with Gasteiger partial charge in [-0.3, -0.25) is 14.6 Å². The fraction of sp³-hybridized carbons (Fsp3) is 0.222. The van der Waals surface area contributed by atoms with Gasteiger partial charge in [-0.2, -0.15) is 0 Å². The van der Waals surface area contributed by atoms with E-state index < -0.39 is 17.7 Å². The van der Waals surface area contributed by atoms with Crippen LogP contribution in [0.4, 0.5) is 0 Å². The first-order valence-corrected chi connectivity index (χ1v) is 11.3. The molecule has 0 spiro atoms. The monoisotopic (exact) mass is 474 g/mol. The summed E-state index contributed by atoms with van der Waals surface area (Å²) in [7, 11) is 0. The van der Waals surface area contributed by atoms with Gasteiger partial charge in [0.2, 0.25) is 0 Å². The van der Waals surface area contributed by atoms with Gasteiger partial charge in [-0.25, -0.2) is 0 Å². The summed E-state index contributed by atoms with van der Waals surface area (Å²) in [6.45, 7) is 4.47. The smallest absolute Gasteiger partial charge is 0.296 e. The van der Waals surface area contributed by atoms with Crippen LogP contribution in [0.15, 0.2) is 72.4 Å². The Morgan fingerprint density at radius 3 is 2.49 bits per heavy atom. The largest absolute Gasteiger partial charge is 0.508 e. The van der Waals surface area contributed by atoms with Gasteiger partial charge in [-0.1, -0.05) is 18.2 Å². The topological polar surface area (TPSA) is 109 Å². The van der Waals surface area contributed by atoms with E-state index in [1.165, 1.54) is 17.0 Å². The molecule has 2 heterocycles. The second kappa shape index (κ2) is 10.3. The van der Waals surface area contributed by atoms with E-state index in [1.54, 1.807) is 61.7 Å². The zero-order valence-corrected chi connectivity index (χ0v) is 19.5. The first-order valence-electron chi connectivity index (χ1n) is 11.3. The normalized spacial score (nSPS) is 17.0. The number of ether oxygens (including phenoxy) is 2. The van der Waals surface area contributed by atoms with E-state index >= 15 is 0 Å². The number of amides is 1. The number of hydrogen-bond acceptors (Lipinski definition) is 7. The molecule has 0 aliphatic carbocycles. The van der Waals surface area contributed by atoms with Crippen molar-refractivity contribution in [1.82, 2.24) is 9.88 Å². The lowest BCUT2D eigenvalue weighted by atomic mass is 9.94. The SMILES string of the molecule is CCOc1ccc(/C(O)=C2/C(=O)C(=O)N(Cc3ccccn3)C2c2cccc(O)c2)c(OCC)c1. The standard InChI is InChI=1S/C27H26N2O6/c1-3-34-20-11-12-21(22(15-20)35-4-2)25(31)23-24(17-8-7-10-19(30)14-17)29(27(33)26(23)32)16-18-9-5-6-13-28-18/h5-15,24,30-31H,3-4,16H2,1-2H3/b25-23-. The van der Waals surface area contributed by atoms with Crippen LogP contribution in [0, 0.1) is 0 Å². The van der Waals surface area contributed by atoms with Crippen molar-refractivity contribution < 1.29 is 29.3 Å². The Bertz CT molecular complexity index is 1270. The predicted molar refractivity (Wildman–Crippen MR) is 129 cm³/mol. The van der Waals surface area contributed by atoms with Gasteiger partial charge in [-0.15, -0.1) is 0 Å². The molecule has 0 radical (unpaired) electrons. The van der Waals surface area contributed by atoms with Crippen LogP contribution >= 0.6 is 0 Å².